The third kappa shape index (κ3) is 10.4. The molecule has 0 saturated heterocycles. The van der Waals surface area contributed by atoms with Gasteiger partial charge in [-0.05, 0) is 13.3 Å². The van der Waals surface area contributed by atoms with E-state index in [2.05, 4.69) is 6.92 Å². The topological polar surface area (TPSA) is 26.3 Å². The van der Waals surface area contributed by atoms with Crippen molar-refractivity contribution in [2.75, 3.05) is 6.61 Å². The summed E-state index contributed by atoms with van der Waals surface area (Å²) in [5.74, 6) is -0.303. The van der Waals surface area contributed by atoms with Gasteiger partial charge >= 0.3 is 5.97 Å². The van der Waals surface area contributed by atoms with Crippen LogP contribution >= 0.6 is 11.6 Å². The van der Waals surface area contributed by atoms with E-state index in [1.54, 1.807) is 6.92 Å². The van der Waals surface area contributed by atoms with Gasteiger partial charge in [0.05, 0.1) is 6.61 Å². The Morgan fingerprint density at radius 2 is 1.59 bits per heavy atom. The minimum absolute atomic E-state index is 0.303. The Hall–Kier alpha value is -0.500. The third-order valence-electron chi connectivity index (χ3n) is 2.72. The number of carbonyl (C=O) groups is 1. The first-order valence-corrected chi connectivity index (χ1v) is 7.10. The normalized spacial score (nSPS) is 11.6. The van der Waals surface area contributed by atoms with Crippen molar-refractivity contribution >= 4 is 17.6 Å². The summed E-state index contributed by atoms with van der Waals surface area (Å²) in [6.07, 6.45) is 9.97. The first-order chi connectivity index (χ1) is 8.22. The minimum atomic E-state index is -0.303. The molecule has 100 valence electrons. The number of hydrogen-bond acceptors (Lipinski definition) is 2. The van der Waals surface area contributed by atoms with Crippen molar-refractivity contribution in [3.63, 3.8) is 0 Å². The number of rotatable bonds is 10. The molecule has 0 atom stereocenters. The fourth-order valence-corrected chi connectivity index (χ4v) is 1.65. The molecule has 2 nitrogen and oxygen atoms in total. The van der Waals surface area contributed by atoms with E-state index in [-0.39, 0.29) is 5.97 Å². The molecule has 0 aliphatic carbocycles. The molecule has 0 aromatic heterocycles. The molecule has 0 rings (SSSR count). The maximum Gasteiger partial charge on any atom is 0.334 e. The summed E-state index contributed by atoms with van der Waals surface area (Å²) in [6.45, 7) is 4.39. The maximum atomic E-state index is 11.2. The van der Waals surface area contributed by atoms with E-state index in [0.29, 0.717) is 12.2 Å². The predicted octanol–water partition coefficient (Wildman–Crippen LogP) is 4.81. The summed E-state index contributed by atoms with van der Waals surface area (Å²) in [5, 5.41) is 0. The summed E-state index contributed by atoms with van der Waals surface area (Å²) in [6, 6.07) is 0. The van der Waals surface area contributed by atoms with E-state index in [1.807, 2.05) is 0 Å². The van der Waals surface area contributed by atoms with E-state index in [1.165, 1.54) is 44.1 Å². The lowest BCUT2D eigenvalue weighted by Crippen LogP contribution is -2.06. The van der Waals surface area contributed by atoms with Crippen molar-refractivity contribution in [1.82, 2.24) is 0 Å². The fraction of sp³-hybridized carbons (Fsp3) is 0.786. The minimum Gasteiger partial charge on any atom is -0.462 e. The van der Waals surface area contributed by atoms with Crippen molar-refractivity contribution in [2.45, 2.75) is 65.2 Å². The zero-order valence-corrected chi connectivity index (χ0v) is 11.9. The SMILES string of the molecule is CCCCCCCCCCOC(=O)/C(C)=C/Cl. The van der Waals surface area contributed by atoms with Gasteiger partial charge in [-0.25, -0.2) is 4.79 Å². The van der Waals surface area contributed by atoms with Crippen LogP contribution < -0.4 is 0 Å². The van der Waals surface area contributed by atoms with Crippen LogP contribution in [0, 0.1) is 0 Å². The van der Waals surface area contributed by atoms with Crippen LogP contribution in [0.25, 0.3) is 0 Å². The van der Waals surface area contributed by atoms with E-state index in [9.17, 15) is 4.79 Å². The van der Waals surface area contributed by atoms with Gasteiger partial charge in [-0.3, -0.25) is 0 Å². The molecule has 3 heteroatoms. The summed E-state index contributed by atoms with van der Waals surface area (Å²) in [5.41, 5.74) is 1.72. The molecule has 0 aromatic carbocycles. The molecule has 0 amide bonds. The average Bonchev–Trinajstić information content (AvgIpc) is 2.35. The maximum absolute atomic E-state index is 11.2. The van der Waals surface area contributed by atoms with E-state index in [4.69, 9.17) is 16.3 Å². The molecule has 0 aliphatic heterocycles. The molecule has 17 heavy (non-hydrogen) atoms. The molecule has 0 aromatic rings. The zero-order valence-electron chi connectivity index (χ0n) is 11.1. The van der Waals surface area contributed by atoms with Crippen LogP contribution in [0.2, 0.25) is 0 Å². The van der Waals surface area contributed by atoms with Gasteiger partial charge in [0.2, 0.25) is 0 Å². The van der Waals surface area contributed by atoms with Crippen LogP contribution in [0.4, 0.5) is 0 Å². The van der Waals surface area contributed by atoms with Gasteiger partial charge < -0.3 is 4.74 Å². The first-order valence-electron chi connectivity index (χ1n) is 6.66. The van der Waals surface area contributed by atoms with Gasteiger partial charge in [0, 0.05) is 11.1 Å². The Balaban J connectivity index is 3.21. The highest BCUT2D eigenvalue weighted by atomic mass is 35.5. The van der Waals surface area contributed by atoms with E-state index in [0.717, 1.165) is 12.8 Å². The number of unbranched alkanes of at least 4 members (excludes halogenated alkanes) is 7. The summed E-state index contributed by atoms with van der Waals surface area (Å²) >= 11 is 5.41. The number of ether oxygens (including phenoxy) is 1. The predicted molar refractivity (Wildman–Crippen MR) is 73.2 cm³/mol. The molecule has 0 saturated carbocycles. The molecule has 0 heterocycles. The molecular formula is C14H25ClO2. The van der Waals surface area contributed by atoms with Crippen LogP contribution in [0.15, 0.2) is 11.1 Å². The van der Waals surface area contributed by atoms with Crippen LogP contribution in [0.3, 0.4) is 0 Å². The monoisotopic (exact) mass is 260 g/mol. The van der Waals surface area contributed by atoms with E-state index < -0.39 is 0 Å². The van der Waals surface area contributed by atoms with Gasteiger partial charge in [-0.15, -0.1) is 0 Å². The molecule has 0 unspecified atom stereocenters. The summed E-state index contributed by atoms with van der Waals surface area (Å²) in [7, 11) is 0. The van der Waals surface area contributed by atoms with Crippen molar-refractivity contribution in [3.8, 4) is 0 Å². The Morgan fingerprint density at radius 1 is 1.06 bits per heavy atom. The molecule has 0 fully saturated rings. The largest absolute Gasteiger partial charge is 0.462 e. The Morgan fingerprint density at radius 3 is 2.12 bits per heavy atom. The molecule has 0 bridgehead atoms. The highest BCUT2D eigenvalue weighted by Crippen LogP contribution is 2.08. The first kappa shape index (κ1) is 16.5. The van der Waals surface area contributed by atoms with Gasteiger partial charge in [0.15, 0.2) is 0 Å². The Kier molecular flexibility index (Phi) is 11.6. The standard InChI is InChI=1S/C14H25ClO2/c1-3-4-5-6-7-8-9-10-11-17-14(16)13(2)12-15/h12H,3-11H2,1-2H3/b13-12+. The van der Waals surface area contributed by atoms with E-state index >= 15 is 0 Å². The van der Waals surface area contributed by atoms with Crippen molar-refractivity contribution in [3.05, 3.63) is 11.1 Å². The van der Waals surface area contributed by atoms with Crippen LogP contribution in [0.5, 0.6) is 0 Å². The lowest BCUT2D eigenvalue weighted by molar-refractivity contribution is -0.139. The van der Waals surface area contributed by atoms with Gasteiger partial charge in [0.25, 0.3) is 0 Å². The summed E-state index contributed by atoms with van der Waals surface area (Å²) < 4.78 is 5.05. The molecule has 0 radical (unpaired) electrons. The van der Waals surface area contributed by atoms with Crippen molar-refractivity contribution in [1.29, 1.82) is 0 Å². The highest BCUT2D eigenvalue weighted by Gasteiger charge is 2.03. The van der Waals surface area contributed by atoms with Gasteiger partial charge in [-0.1, -0.05) is 63.5 Å². The number of carbonyl (C=O) groups excluding carboxylic acids is 1. The second-order valence-electron chi connectivity index (χ2n) is 4.40. The summed E-state index contributed by atoms with van der Waals surface area (Å²) in [4.78, 5) is 11.2. The van der Waals surface area contributed by atoms with Crippen LogP contribution in [-0.4, -0.2) is 12.6 Å². The lowest BCUT2D eigenvalue weighted by Gasteiger charge is -2.04. The quantitative estimate of drug-likeness (QED) is 0.320. The second kappa shape index (κ2) is 12.0. The highest BCUT2D eigenvalue weighted by molar-refractivity contribution is 6.27. The number of hydrogen-bond donors (Lipinski definition) is 0. The molecule has 0 N–H and O–H groups in total. The Labute approximate surface area is 110 Å². The average molecular weight is 261 g/mol. The zero-order chi connectivity index (χ0) is 12.9. The van der Waals surface area contributed by atoms with Crippen LogP contribution in [0.1, 0.15) is 65.2 Å². The van der Waals surface area contributed by atoms with Gasteiger partial charge in [-0.2, -0.15) is 0 Å². The van der Waals surface area contributed by atoms with Crippen molar-refractivity contribution in [2.24, 2.45) is 0 Å². The van der Waals surface area contributed by atoms with Gasteiger partial charge in [0.1, 0.15) is 0 Å². The molecule has 0 spiro atoms. The Bertz CT molecular complexity index is 224. The smallest absolute Gasteiger partial charge is 0.334 e. The van der Waals surface area contributed by atoms with Crippen molar-refractivity contribution < 1.29 is 9.53 Å². The fourth-order valence-electron chi connectivity index (χ4n) is 1.56. The third-order valence-corrected chi connectivity index (χ3v) is 3.04. The van der Waals surface area contributed by atoms with Crippen LogP contribution in [-0.2, 0) is 9.53 Å². The second-order valence-corrected chi connectivity index (χ2v) is 4.62. The molecular weight excluding hydrogens is 236 g/mol. The number of esters is 1. The molecule has 0 aliphatic rings. The number of halogens is 1. The lowest BCUT2D eigenvalue weighted by atomic mass is 10.1.